The first-order valence-corrected chi connectivity index (χ1v) is 44.7. The van der Waals surface area contributed by atoms with Gasteiger partial charge in [0.15, 0.2) is 6.10 Å². The fourth-order valence-corrected chi connectivity index (χ4v) is 13.1. The third-order valence-electron chi connectivity index (χ3n) is 19.0. The number of esters is 2. The van der Waals surface area contributed by atoms with Crippen LogP contribution in [0.1, 0.15) is 399 Å². The molecule has 2 unspecified atom stereocenters. The van der Waals surface area contributed by atoms with Gasteiger partial charge < -0.3 is 27.9 Å². The molecular formula is C92H164NO8P. The van der Waals surface area contributed by atoms with Crippen molar-refractivity contribution >= 4 is 19.8 Å². The largest absolute Gasteiger partial charge is 0.756 e. The Morgan fingerprint density at radius 3 is 0.833 bits per heavy atom. The van der Waals surface area contributed by atoms with E-state index in [0.29, 0.717) is 17.4 Å². The van der Waals surface area contributed by atoms with Gasteiger partial charge in [0.25, 0.3) is 7.82 Å². The molecular weight excluding hydrogens is 1280 g/mol. The number of rotatable bonds is 80. The van der Waals surface area contributed by atoms with Gasteiger partial charge in [0.1, 0.15) is 19.8 Å². The maximum Gasteiger partial charge on any atom is 0.306 e. The number of allylic oxidation sites excluding steroid dienone is 20. The van der Waals surface area contributed by atoms with Crippen LogP contribution >= 0.6 is 7.82 Å². The lowest BCUT2D eigenvalue weighted by Crippen LogP contribution is -2.37. The molecule has 9 nitrogen and oxygen atoms in total. The van der Waals surface area contributed by atoms with E-state index in [1.54, 1.807) is 0 Å². The van der Waals surface area contributed by atoms with Crippen LogP contribution in [0.5, 0.6) is 0 Å². The molecule has 2 atom stereocenters. The maximum absolute atomic E-state index is 12.9. The summed E-state index contributed by atoms with van der Waals surface area (Å²) in [5, 5.41) is 0. The van der Waals surface area contributed by atoms with E-state index in [9.17, 15) is 19.0 Å². The van der Waals surface area contributed by atoms with Crippen LogP contribution < -0.4 is 4.89 Å². The number of unbranched alkanes of at least 4 members (excludes halogenated alkanes) is 46. The molecule has 0 amide bonds. The first kappa shape index (κ1) is 98.4. The lowest BCUT2D eigenvalue weighted by Gasteiger charge is -2.28. The monoisotopic (exact) mass is 1440 g/mol. The van der Waals surface area contributed by atoms with Crippen molar-refractivity contribution in [3.63, 3.8) is 0 Å². The third-order valence-corrected chi connectivity index (χ3v) is 19.9. The van der Waals surface area contributed by atoms with E-state index < -0.39 is 26.5 Å². The predicted molar refractivity (Wildman–Crippen MR) is 443 cm³/mol. The van der Waals surface area contributed by atoms with Gasteiger partial charge in [0.2, 0.25) is 0 Å². The Hall–Kier alpha value is -3.59. The molecule has 590 valence electrons. The van der Waals surface area contributed by atoms with Crippen LogP contribution in [-0.2, 0) is 32.7 Å². The smallest absolute Gasteiger partial charge is 0.306 e. The molecule has 0 heterocycles. The minimum Gasteiger partial charge on any atom is -0.756 e. The summed E-state index contributed by atoms with van der Waals surface area (Å²) in [5.74, 6) is -0.820. The van der Waals surface area contributed by atoms with E-state index in [1.165, 1.54) is 270 Å². The SMILES string of the molecule is CC/C=C\C/C=C\C/C=C\C/C=C\C/C=C\C/C=C\C/C=C\C/C=C\CCCCCCCCCCCCCCCCC(=O)OC(COC(=O)CCCCCCCCCCCCCCCCCCCCCCCCCCCCC/C=C\C/C=C\CCCCCCC)COP(=O)([O-])OCC[N+](C)(C)C. The molecule has 0 saturated heterocycles. The maximum atomic E-state index is 12.9. The first-order valence-electron chi connectivity index (χ1n) is 43.2. The van der Waals surface area contributed by atoms with Crippen LogP contribution in [0.3, 0.4) is 0 Å². The summed E-state index contributed by atoms with van der Waals surface area (Å²) in [4.78, 5) is 38.2. The Balaban J connectivity index is 3.92. The highest BCUT2D eigenvalue weighted by Crippen LogP contribution is 2.38. The topological polar surface area (TPSA) is 111 Å². The van der Waals surface area contributed by atoms with E-state index >= 15 is 0 Å². The fourth-order valence-electron chi connectivity index (χ4n) is 12.4. The van der Waals surface area contributed by atoms with Crippen molar-refractivity contribution in [3.8, 4) is 0 Å². The molecule has 0 rings (SSSR count). The molecule has 10 heteroatoms. The van der Waals surface area contributed by atoms with Crippen LogP contribution in [0.2, 0.25) is 0 Å². The van der Waals surface area contributed by atoms with E-state index in [0.717, 1.165) is 96.3 Å². The van der Waals surface area contributed by atoms with Crippen LogP contribution in [0.15, 0.2) is 122 Å². The zero-order valence-electron chi connectivity index (χ0n) is 67.5. The van der Waals surface area contributed by atoms with Crippen molar-refractivity contribution in [3.05, 3.63) is 122 Å². The summed E-state index contributed by atoms with van der Waals surface area (Å²) in [6, 6.07) is 0. The Bertz CT molecular complexity index is 2140. The minimum absolute atomic E-state index is 0.0326. The second kappa shape index (κ2) is 81.5. The summed E-state index contributed by atoms with van der Waals surface area (Å²) in [7, 11) is 1.17. The van der Waals surface area contributed by atoms with Gasteiger partial charge in [-0.05, 0) is 109 Å². The number of phosphoric acid groups is 1. The quantitative estimate of drug-likeness (QED) is 0.0195. The number of carbonyl (C=O) groups is 2. The van der Waals surface area contributed by atoms with Crippen LogP contribution in [-0.4, -0.2) is 70.0 Å². The zero-order valence-corrected chi connectivity index (χ0v) is 68.4. The van der Waals surface area contributed by atoms with Crippen molar-refractivity contribution in [2.45, 2.75) is 405 Å². The Morgan fingerprint density at radius 2 is 0.559 bits per heavy atom. The Morgan fingerprint density at radius 1 is 0.314 bits per heavy atom. The normalized spacial score (nSPS) is 13.6. The van der Waals surface area contributed by atoms with E-state index in [4.69, 9.17) is 18.5 Å². The summed E-state index contributed by atoms with van der Waals surface area (Å²) >= 11 is 0. The summed E-state index contributed by atoms with van der Waals surface area (Å²) < 4.78 is 34.5. The van der Waals surface area contributed by atoms with Crippen LogP contribution in [0.4, 0.5) is 0 Å². The molecule has 0 N–H and O–H groups in total. The van der Waals surface area contributed by atoms with Crippen molar-refractivity contribution < 1.29 is 42.1 Å². The van der Waals surface area contributed by atoms with Gasteiger partial charge >= 0.3 is 11.9 Å². The summed E-state index contributed by atoms with van der Waals surface area (Å²) in [5.41, 5.74) is 0. The van der Waals surface area contributed by atoms with Gasteiger partial charge in [-0.1, -0.05) is 399 Å². The fraction of sp³-hybridized carbons (Fsp3) is 0.761. The number of phosphoric ester groups is 1. The van der Waals surface area contributed by atoms with Gasteiger partial charge in [-0.15, -0.1) is 0 Å². The molecule has 0 aliphatic rings. The summed E-state index contributed by atoms with van der Waals surface area (Å²) in [6.07, 6.45) is 118. The average Bonchev–Trinajstić information content (AvgIpc) is 0.914. The molecule has 0 aliphatic heterocycles. The summed E-state index contributed by atoms with van der Waals surface area (Å²) in [6.45, 7) is 4.16. The molecule has 0 aromatic carbocycles. The molecule has 0 aromatic rings. The van der Waals surface area contributed by atoms with Gasteiger partial charge in [-0.3, -0.25) is 14.2 Å². The highest BCUT2D eigenvalue weighted by Gasteiger charge is 2.22. The van der Waals surface area contributed by atoms with Gasteiger partial charge in [-0.25, -0.2) is 0 Å². The van der Waals surface area contributed by atoms with Crippen LogP contribution in [0, 0.1) is 0 Å². The molecule has 0 radical (unpaired) electrons. The number of likely N-dealkylation sites (N-methyl/N-ethyl adjacent to an activating group) is 1. The van der Waals surface area contributed by atoms with E-state index in [-0.39, 0.29) is 32.0 Å². The molecule has 0 bridgehead atoms. The second-order valence-electron chi connectivity index (χ2n) is 30.2. The molecule has 0 aromatic heterocycles. The Kier molecular flexibility index (Phi) is 78.6. The predicted octanol–water partition coefficient (Wildman–Crippen LogP) is 28.7. The first-order chi connectivity index (χ1) is 50.0. The number of ether oxygens (including phenoxy) is 2. The number of nitrogens with zero attached hydrogens (tertiary/aromatic N) is 1. The van der Waals surface area contributed by atoms with Crippen molar-refractivity contribution in [2.75, 3.05) is 47.5 Å². The van der Waals surface area contributed by atoms with Gasteiger partial charge in [0.05, 0.1) is 27.7 Å². The lowest BCUT2D eigenvalue weighted by atomic mass is 10.0. The highest BCUT2D eigenvalue weighted by atomic mass is 31.2. The third kappa shape index (κ3) is 85.3. The lowest BCUT2D eigenvalue weighted by molar-refractivity contribution is -0.870. The van der Waals surface area contributed by atoms with E-state index in [2.05, 4.69) is 135 Å². The number of carbonyl (C=O) groups excluding carboxylic acids is 2. The molecule has 0 saturated carbocycles. The van der Waals surface area contributed by atoms with Gasteiger partial charge in [0, 0.05) is 12.8 Å². The highest BCUT2D eigenvalue weighted by molar-refractivity contribution is 7.45. The second-order valence-corrected chi connectivity index (χ2v) is 31.6. The standard InChI is InChI=1S/C92H164NO8P/c1-6-8-10-12-14-16-18-20-22-24-26-28-30-32-34-36-38-40-42-44-46-48-50-52-54-56-58-60-62-64-66-68-70-72-74-76-78-80-82-84-91(94)98-88-90(89-100-102(96,97)99-87-86-93(3,4)5)101-92(95)85-83-81-79-77-75-73-71-69-67-65-63-61-59-57-55-53-51-49-47-45-43-41-39-37-35-33-31-29-27-25-23-21-19-17-15-13-11-9-7-2/h9,11,15,17-18,20-21,23-24,26-27,29,33,35,39,41,45,47,51,53,90H,6-8,10,12-14,16,19,22,25,28,30-32,34,36-38,40,42-44,46,48-50,52,54-89H2,1-5H3/b11-9-,17-15-,20-18-,23-21-,26-24-,29-27-,35-33-,41-39-,47-45-,53-51-. The number of hydrogen-bond donors (Lipinski definition) is 0. The van der Waals surface area contributed by atoms with Gasteiger partial charge in [-0.2, -0.15) is 0 Å². The molecule has 0 spiro atoms. The zero-order chi connectivity index (χ0) is 74.0. The molecule has 102 heavy (non-hydrogen) atoms. The molecule has 0 aliphatic carbocycles. The van der Waals surface area contributed by atoms with Crippen molar-refractivity contribution in [1.82, 2.24) is 0 Å². The van der Waals surface area contributed by atoms with Crippen molar-refractivity contribution in [2.24, 2.45) is 0 Å². The average molecular weight is 1440 g/mol. The minimum atomic E-state index is -4.65. The Labute approximate surface area is 632 Å². The number of hydrogen-bond acceptors (Lipinski definition) is 8. The van der Waals surface area contributed by atoms with Crippen molar-refractivity contribution in [1.29, 1.82) is 0 Å². The van der Waals surface area contributed by atoms with E-state index in [1.807, 2.05) is 21.1 Å². The molecule has 0 fully saturated rings. The van der Waals surface area contributed by atoms with Crippen LogP contribution in [0.25, 0.3) is 0 Å². The number of quaternary nitrogens is 1.